The Morgan fingerprint density at radius 3 is 1.18 bits per heavy atom. The van der Waals surface area contributed by atoms with Gasteiger partial charge in [0.2, 0.25) is 5.91 Å². The van der Waals surface area contributed by atoms with Crippen LogP contribution in [0.2, 0.25) is 0 Å². The molecule has 0 spiro atoms. The third kappa shape index (κ3) is 46.1. The Kier molecular flexibility index (Phi) is 49.1. The van der Waals surface area contributed by atoms with E-state index in [0.29, 0.717) is 25.9 Å². The molecule has 0 fully saturated rings. The first-order valence-corrected chi connectivity index (χ1v) is 26.9. The van der Waals surface area contributed by atoms with Crippen molar-refractivity contribution in [2.45, 2.75) is 309 Å². The molecule has 356 valence electrons. The number of rotatable bonds is 50. The van der Waals surface area contributed by atoms with Gasteiger partial charge in [-0.1, -0.05) is 244 Å². The molecule has 0 bridgehead atoms. The molecule has 0 aromatic rings. The molecule has 0 aliphatic heterocycles. The molecule has 0 aliphatic carbocycles. The number of carbonyl (C=O) groups is 2. The maximum atomic E-state index is 12.5. The lowest BCUT2D eigenvalue weighted by atomic mass is 10.0. The molecule has 2 atom stereocenters. The zero-order valence-electron chi connectivity index (χ0n) is 40.5. The fourth-order valence-electron chi connectivity index (χ4n) is 8.40. The molecular formula is C54H105NO5. The number of allylic oxidation sites excluding steroid dienone is 2. The number of carbonyl (C=O) groups excluding carboxylic acids is 2. The Labute approximate surface area is 374 Å². The number of esters is 1. The van der Waals surface area contributed by atoms with E-state index in [1.165, 1.54) is 212 Å². The number of nitrogens with one attached hydrogen (secondary N) is 1. The van der Waals surface area contributed by atoms with E-state index in [0.717, 1.165) is 51.4 Å². The van der Waals surface area contributed by atoms with Crippen molar-refractivity contribution >= 4 is 11.9 Å². The van der Waals surface area contributed by atoms with Crippen molar-refractivity contribution in [3.05, 3.63) is 12.2 Å². The highest BCUT2D eigenvalue weighted by Crippen LogP contribution is 2.17. The summed E-state index contributed by atoms with van der Waals surface area (Å²) in [5.74, 6) is -0.0474. The van der Waals surface area contributed by atoms with Crippen molar-refractivity contribution < 1.29 is 24.5 Å². The third-order valence-electron chi connectivity index (χ3n) is 12.6. The van der Waals surface area contributed by atoms with Crippen LogP contribution in [0.5, 0.6) is 0 Å². The van der Waals surface area contributed by atoms with E-state index in [1.54, 1.807) is 0 Å². The summed E-state index contributed by atoms with van der Waals surface area (Å²) in [6, 6.07) is -0.549. The van der Waals surface area contributed by atoms with Crippen LogP contribution in [0.1, 0.15) is 296 Å². The largest absolute Gasteiger partial charge is 0.466 e. The summed E-state index contributed by atoms with van der Waals surface area (Å²) < 4.78 is 5.45. The lowest BCUT2D eigenvalue weighted by molar-refractivity contribution is -0.143. The molecule has 0 aromatic carbocycles. The average molecular weight is 848 g/mol. The van der Waals surface area contributed by atoms with Crippen LogP contribution in [0.3, 0.4) is 0 Å². The second-order valence-corrected chi connectivity index (χ2v) is 18.6. The Morgan fingerprint density at radius 1 is 0.450 bits per heavy atom. The predicted molar refractivity (Wildman–Crippen MR) is 260 cm³/mol. The van der Waals surface area contributed by atoms with Gasteiger partial charge in [-0.15, -0.1) is 0 Å². The molecule has 6 nitrogen and oxygen atoms in total. The lowest BCUT2D eigenvalue weighted by Crippen LogP contribution is -2.45. The van der Waals surface area contributed by atoms with E-state index in [1.807, 2.05) is 0 Å². The Hall–Kier alpha value is -1.40. The molecule has 0 saturated heterocycles. The Bertz CT molecular complexity index is 893. The minimum absolute atomic E-state index is 0.00185. The lowest BCUT2D eigenvalue weighted by Gasteiger charge is -2.22. The van der Waals surface area contributed by atoms with Gasteiger partial charge in [0.15, 0.2) is 0 Å². The molecule has 0 rings (SSSR count). The summed E-state index contributed by atoms with van der Waals surface area (Å²) in [6.07, 6.45) is 57.6. The molecule has 2 unspecified atom stereocenters. The van der Waals surface area contributed by atoms with E-state index in [2.05, 4.69) is 31.3 Å². The van der Waals surface area contributed by atoms with Crippen molar-refractivity contribution in [1.29, 1.82) is 0 Å². The second kappa shape index (κ2) is 50.2. The van der Waals surface area contributed by atoms with Crippen LogP contribution in [0.25, 0.3) is 0 Å². The third-order valence-corrected chi connectivity index (χ3v) is 12.6. The van der Waals surface area contributed by atoms with Crippen molar-refractivity contribution in [3.63, 3.8) is 0 Å². The van der Waals surface area contributed by atoms with Gasteiger partial charge in [-0.2, -0.15) is 0 Å². The summed E-state index contributed by atoms with van der Waals surface area (Å²) in [5, 5.41) is 23.2. The maximum absolute atomic E-state index is 12.5. The standard InChI is InChI=1S/C54H105NO5/c1-3-5-7-9-11-13-15-16-20-23-27-30-34-38-42-46-52(57)51(50-56)55-53(58)47-43-39-35-31-28-24-21-18-17-19-22-25-29-33-37-41-45-49-60-54(59)48-44-40-36-32-26-14-12-10-8-6-4-2/h17,19,51-52,56-57H,3-16,18,20-50H2,1-2H3,(H,55,58)/b19-17-. The highest BCUT2D eigenvalue weighted by Gasteiger charge is 2.20. The topological polar surface area (TPSA) is 95.9 Å². The molecule has 6 heteroatoms. The van der Waals surface area contributed by atoms with Crippen LogP contribution in [-0.4, -0.2) is 47.4 Å². The van der Waals surface area contributed by atoms with E-state index < -0.39 is 12.1 Å². The van der Waals surface area contributed by atoms with Crippen LogP contribution in [0.4, 0.5) is 0 Å². The first-order valence-electron chi connectivity index (χ1n) is 26.9. The van der Waals surface area contributed by atoms with Gasteiger partial charge >= 0.3 is 5.97 Å². The van der Waals surface area contributed by atoms with E-state index >= 15 is 0 Å². The number of hydrogen-bond donors (Lipinski definition) is 3. The number of hydrogen-bond acceptors (Lipinski definition) is 5. The summed E-state index contributed by atoms with van der Waals surface area (Å²) in [7, 11) is 0. The van der Waals surface area contributed by atoms with Crippen molar-refractivity contribution in [2.75, 3.05) is 13.2 Å². The smallest absolute Gasteiger partial charge is 0.305 e. The fraction of sp³-hybridized carbons (Fsp3) is 0.926. The van der Waals surface area contributed by atoms with Crippen LogP contribution in [0, 0.1) is 0 Å². The molecule has 0 aromatic heterocycles. The predicted octanol–water partition coefficient (Wildman–Crippen LogP) is 16.1. The van der Waals surface area contributed by atoms with E-state index in [9.17, 15) is 19.8 Å². The zero-order valence-corrected chi connectivity index (χ0v) is 40.5. The Morgan fingerprint density at radius 2 is 0.783 bits per heavy atom. The van der Waals surface area contributed by atoms with Gasteiger partial charge in [-0.05, 0) is 51.4 Å². The monoisotopic (exact) mass is 848 g/mol. The average Bonchev–Trinajstić information content (AvgIpc) is 3.25. The number of amides is 1. The number of unbranched alkanes of at least 4 members (excludes halogenated alkanes) is 37. The molecule has 0 heterocycles. The number of aliphatic hydroxyl groups is 2. The summed E-state index contributed by atoms with van der Waals surface area (Å²) in [6.45, 7) is 4.94. The van der Waals surface area contributed by atoms with Crippen molar-refractivity contribution in [3.8, 4) is 0 Å². The van der Waals surface area contributed by atoms with Gasteiger partial charge in [0.1, 0.15) is 0 Å². The SMILES string of the molecule is CCCCCCCCCCCCCCCCCC(O)C(CO)NC(=O)CCCCCCCCC/C=C\CCCCCCCCOC(=O)CCCCCCCCCCCCC. The van der Waals surface area contributed by atoms with Crippen LogP contribution in [0.15, 0.2) is 12.2 Å². The number of aliphatic hydroxyl groups excluding tert-OH is 2. The van der Waals surface area contributed by atoms with Gasteiger partial charge < -0.3 is 20.3 Å². The summed E-state index contributed by atoms with van der Waals surface area (Å²) >= 11 is 0. The molecule has 0 radical (unpaired) electrons. The van der Waals surface area contributed by atoms with Crippen molar-refractivity contribution in [2.24, 2.45) is 0 Å². The van der Waals surface area contributed by atoms with Crippen molar-refractivity contribution in [1.82, 2.24) is 5.32 Å². The van der Waals surface area contributed by atoms with Crippen LogP contribution >= 0.6 is 0 Å². The first kappa shape index (κ1) is 58.6. The molecule has 0 saturated carbocycles. The zero-order chi connectivity index (χ0) is 43.7. The van der Waals surface area contributed by atoms with Gasteiger partial charge in [-0.3, -0.25) is 9.59 Å². The Balaban J connectivity index is 3.46. The van der Waals surface area contributed by atoms with Gasteiger partial charge in [0, 0.05) is 12.8 Å². The van der Waals surface area contributed by atoms with Gasteiger partial charge in [-0.25, -0.2) is 0 Å². The summed E-state index contributed by atoms with van der Waals surface area (Å²) in [5.41, 5.74) is 0. The maximum Gasteiger partial charge on any atom is 0.305 e. The quantitative estimate of drug-likeness (QED) is 0.0322. The molecule has 0 aliphatic rings. The normalized spacial score (nSPS) is 12.7. The highest BCUT2D eigenvalue weighted by atomic mass is 16.5. The minimum Gasteiger partial charge on any atom is -0.466 e. The van der Waals surface area contributed by atoms with Gasteiger partial charge in [0.25, 0.3) is 0 Å². The summed E-state index contributed by atoms with van der Waals surface area (Å²) in [4.78, 5) is 24.4. The van der Waals surface area contributed by atoms with Gasteiger partial charge in [0.05, 0.1) is 25.4 Å². The molecule has 3 N–H and O–H groups in total. The number of ether oxygens (including phenoxy) is 1. The minimum atomic E-state index is -0.670. The molecule has 1 amide bonds. The second-order valence-electron chi connectivity index (χ2n) is 18.6. The molecular weight excluding hydrogens is 743 g/mol. The first-order chi connectivity index (χ1) is 29.5. The van der Waals surface area contributed by atoms with E-state index in [-0.39, 0.29) is 18.5 Å². The van der Waals surface area contributed by atoms with Crippen LogP contribution in [-0.2, 0) is 14.3 Å². The van der Waals surface area contributed by atoms with Crippen LogP contribution < -0.4 is 5.32 Å². The fourth-order valence-corrected chi connectivity index (χ4v) is 8.40. The molecule has 60 heavy (non-hydrogen) atoms. The highest BCUT2D eigenvalue weighted by molar-refractivity contribution is 5.76. The van der Waals surface area contributed by atoms with E-state index in [4.69, 9.17) is 4.74 Å².